The molecule has 0 saturated carbocycles. The zero-order chi connectivity index (χ0) is 13.7. The molecule has 2 aromatic rings. The van der Waals surface area contributed by atoms with Crippen molar-refractivity contribution in [1.82, 2.24) is 14.8 Å². The van der Waals surface area contributed by atoms with E-state index in [1.807, 2.05) is 42.7 Å². The van der Waals surface area contributed by atoms with Gasteiger partial charge < -0.3 is 15.6 Å². The Kier molecular flexibility index (Phi) is 6.43. The van der Waals surface area contributed by atoms with Gasteiger partial charge in [0.05, 0.1) is 0 Å². The second-order valence-electron chi connectivity index (χ2n) is 4.23. The number of hydrogen-bond acceptors (Lipinski definition) is 3. The Morgan fingerprint density at radius 1 is 1.45 bits per heavy atom. The monoisotopic (exact) mass is 386 g/mol. The number of aliphatic imine (C=N–C) groups is 1. The van der Waals surface area contributed by atoms with Crippen LogP contribution in [0, 0.1) is 6.92 Å². The fourth-order valence-electron chi connectivity index (χ4n) is 1.73. The molecule has 1 aromatic carbocycles. The third-order valence-electron chi connectivity index (χ3n) is 2.72. The summed E-state index contributed by atoms with van der Waals surface area (Å²) in [5.74, 6) is 1.17. The van der Waals surface area contributed by atoms with Crippen LogP contribution in [-0.2, 0) is 13.1 Å². The first-order chi connectivity index (χ1) is 9.19. The quantitative estimate of drug-likeness (QED) is 0.480. The summed E-state index contributed by atoms with van der Waals surface area (Å²) in [5, 5.41) is 10.9. The van der Waals surface area contributed by atoms with E-state index in [1.165, 1.54) is 5.56 Å². The van der Waals surface area contributed by atoms with Crippen molar-refractivity contribution < 1.29 is 0 Å². The van der Waals surface area contributed by atoms with Crippen molar-refractivity contribution in [2.45, 2.75) is 26.9 Å². The molecule has 2 rings (SSSR count). The first-order valence-corrected chi connectivity index (χ1v) is 6.19. The Morgan fingerprint density at radius 2 is 2.25 bits per heavy atom. The molecule has 0 aliphatic carbocycles. The molecule has 0 saturated heterocycles. The third-order valence-corrected chi connectivity index (χ3v) is 2.72. The van der Waals surface area contributed by atoms with Gasteiger partial charge in [-0.15, -0.1) is 34.2 Å². The molecule has 0 aliphatic rings. The van der Waals surface area contributed by atoms with Crippen LogP contribution in [-0.4, -0.2) is 20.7 Å². The van der Waals surface area contributed by atoms with E-state index in [2.05, 4.69) is 20.5 Å². The zero-order valence-electron chi connectivity index (χ0n) is 11.6. The number of nitrogens with two attached hydrogens (primary N) is 1. The maximum atomic E-state index is 5.85. The molecule has 0 spiro atoms. The summed E-state index contributed by atoms with van der Waals surface area (Å²) in [6, 6.07) is 7.96. The molecule has 0 fully saturated rings. The lowest BCUT2D eigenvalue weighted by molar-refractivity contribution is 0.699. The zero-order valence-corrected chi connectivity index (χ0v) is 13.9. The van der Waals surface area contributed by atoms with Crippen molar-refractivity contribution in [3.8, 4) is 0 Å². The van der Waals surface area contributed by atoms with Crippen LogP contribution in [0.2, 0.25) is 0 Å². The molecular formula is C13H19IN6. The third kappa shape index (κ3) is 4.48. The minimum atomic E-state index is 0. The molecule has 20 heavy (non-hydrogen) atoms. The van der Waals surface area contributed by atoms with Crippen molar-refractivity contribution in [2.24, 2.45) is 10.7 Å². The summed E-state index contributed by atoms with van der Waals surface area (Å²) in [7, 11) is 0. The van der Waals surface area contributed by atoms with E-state index < -0.39 is 0 Å². The molecule has 0 amide bonds. The number of aromatic nitrogens is 3. The number of anilines is 1. The molecule has 0 unspecified atom stereocenters. The highest BCUT2D eigenvalue weighted by Crippen LogP contribution is 2.09. The van der Waals surface area contributed by atoms with Crippen LogP contribution in [0.3, 0.4) is 0 Å². The molecule has 3 N–H and O–H groups in total. The highest BCUT2D eigenvalue weighted by atomic mass is 127. The summed E-state index contributed by atoms with van der Waals surface area (Å²) >= 11 is 0. The average Bonchev–Trinajstić information content (AvgIpc) is 2.83. The summed E-state index contributed by atoms with van der Waals surface area (Å²) in [5.41, 5.74) is 7.94. The molecule has 108 valence electrons. The standard InChI is InChI=1S/C13H18N6.HI/c1-3-19-9-16-18-12(19)8-15-13(14)17-11-6-4-5-10(2)7-11;/h4-7,9H,3,8H2,1-2H3,(H3,14,15,17);1H. The van der Waals surface area contributed by atoms with Crippen molar-refractivity contribution in [1.29, 1.82) is 0 Å². The van der Waals surface area contributed by atoms with Gasteiger partial charge in [0, 0.05) is 12.2 Å². The normalized spacial score (nSPS) is 11.0. The van der Waals surface area contributed by atoms with Gasteiger partial charge in [-0.1, -0.05) is 12.1 Å². The number of nitrogens with zero attached hydrogens (tertiary/aromatic N) is 4. The van der Waals surface area contributed by atoms with Crippen molar-refractivity contribution >= 4 is 35.6 Å². The van der Waals surface area contributed by atoms with Gasteiger partial charge in [0.1, 0.15) is 12.9 Å². The first kappa shape index (κ1) is 16.4. The predicted octanol–water partition coefficient (Wildman–Crippen LogP) is 2.15. The number of aryl methyl sites for hydroxylation is 2. The second kappa shape index (κ2) is 7.83. The van der Waals surface area contributed by atoms with Gasteiger partial charge in [-0.25, -0.2) is 4.99 Å². The minimum Gasteiger partial charge on any atom is -0.370 e. The van der Waals surface area contributed by atoms with Gasteiger partial charge >= 0.3 is 0 Å². The largest absolute Gasteiger partial charge is 0.370 e. The number of nitrogens with one attached hydrogen (secondary N) is 1. The fraction of sp³-hybridized carbons (Fsp3) is 0.308. The molecule has 7 heteroatoms. The van der Waals surface area contributed by atoms with Crippen LogP contribution < -0.4 is 11.1 Å². The second-order valence-corrected chi connectivity index (χ2v) is 4.23. The van der Waals surface area contributed by atoms with Gasteiger partial charge in [-0.05, 0) is 31.5 Å². The van der Waals surface area contributed by atoms with Crippen LogP contribution in [0.1, 0.15) is 18.3 Å². The number of guanidine groups is 1. The molecule has 0 bridgehead atoms. The Balaban J connectivity index is 0.00000200. The van der Waals surface area contributed by atoms with E-state index >= 15 is 0 Å². The Morgan fingerprint density at radius 3 is 2.95 bits per heavy atom. The lowest BCUT2D eigenvalue weighted by atomic mass is 10.2. The van der Waals surface area contributed by atoms with Crippen LogP contribution in [0.4, 0.5) is 5.69 Å². The Bertz CT molecular complexity index is 578. The topological polar surface area (TPSA) is 81.1 Å². The van der Waals surface area contributed by atoms with Crippen LogP contribution in [0.25, 0.3) is 0 Å². The smallest absolute Gasteiger partial charge is 0.193 e. The molecule has 0 aliphatic heterocycles. The lowest BCUT2D eigenvalue weighted by Gasteiger charge is -2.06. The molecule has 1 heterocycles. The highest BCUT2D eigenvalue weighted by Gasteiger charge is 2.01. The van der Waals surface area contributed by atoms with Crippen molar-refractivity contribution in [3.63, 3.8) is 0 Å². The van der Waals surface area contributed by atoms with Gasteiger partial charge in [0.15, 0.2) is 11.8 Å². The van der Waals surface area contributed by atoms with Crippen molar-refractivity contribution in [3.05, 3.63) is 42.0 Å². The predicted molar refractivity (Wildman–Crippen MR) is 91.2 cm³/mol. The first-order valence-electron chi connectivity index (χ1n) is 6.19. The van der Waals surface area contributed by atoms with Gasteiger partial charge in [0.25, 0.3) is 0 Å². The van der Waals surface area contributed by atoms with Crippen molar-refractivity contribution in [2.75, 3.05) is 5.32 Å². The van der Waals surface area contributed by atoms with Gasteiger partial charge in [-0.3, -0.25) is 0 Å². The molecule has 1 aromatic heterocycles. The summed E-state index contributed by atoms with van der Waals surface area (Å²) in [6.07, 6.45) is 1.69. The number of hydrogen-bond donors (Lipinski definition) is 2. The number of halogens is 1. The van der Waals surface area contributed by atoms with E-state index in [4.69, 9.17) is 5.73 Å². The average molecular weight is 386 g/mol. The van der Waals surface area contributed by atoms with Crippen LogP contribution in [0.5, 0.6) is 0 Å². The van der Waals surface area contributed by atoms with Gasteiger partial charge in [-0.2, -0.15) is 0 Å². The van der Waals surface area contributed by atoms with E-state index in [0.29, 0.717) is 12.5 Å². The maximum absolute atomic E-state index is 5.85. The van der Waals surface area contributed by atoms with E-state index in [0.717, 1.165) is 18.1 Å². The van der Waals surface area contributed by atoms with E-state index in [9.17, 15) is 0 Å². The summed E-state index contributed by atoms with van der Waals surface area (Å²) in [4.78, 5) is 4.26. The van der Waals surface area contributed by atoms with E-state index in [-0.39, 0.29) is 24.0 Å². The molecule has 0 radical (unpaired) electrons. The Labute approximate surface area is 135 Å². The lowest BCUT2D eigenvalue weighted by Crippen LogP contribution is -2.22. The molecule has 0 atom stereocenters. The fourth-order valence-corrected chi connectivity index (χ4v) is 1.73. The molecular weight excluding hydrogens is 367 g/mol. The maximum Gasteiger partial charge on any atom is 0.193 e. The summed E-state index contributed by atoms with van der Waals surface area (Å²) < 4.78 is 1.93. The number of benzene rings is 1. The van der Waals surface area contributed by atoms with Gasteiger partial charge in [0.2, 0.25) is 0 Å². The van der Waals surface area contributed by atoms with Crippen LogP contribution in [0.15, 0.2) is 35.6 Å². The summed E-state index contributed by atoms with van der Waals surface area (Å²) in [6.45, 7) is 5.30. The highest BCUT2D eigenvalue weighted by molar-refractivity contribution is 14.0. The SMILES string of the molecule is CCn1cnnc1CN=C(N)Nc1cccc(C)c1.I. The molecule has 6 nitrogen and oxygen atoms in total. The van der Waals surface area contributed by atoms with E-state index in [1.54, 1.807) is 6.33 Å². The number of rotatable bonds is 4. The van der Waals surface area contributed by atoms with Crippen LogP contribution >= 0.6 is 24.0 Å². The minimum absolute atomic E-state index is 0. The Hall–Kier alpha value is -1.64.